The number of hydrogen-bond acceptors (Lipinski definition) is 1. The molecule has 17 heavy (non-hydrogen) atoms. The molecule has 3 fully saturated rings. The van der Waals surface area contributed by atoms with Crippen molar-refractivity contribution in [2.24, 2.45) is 40.4 Å². The predicted molar refractivity (Wildman–Crippen MR) is 64.3 cm³/mol. The van der Waals surface area contributed by atoms with Crippen molar-refractivity contribution in [1.82, 2.24) is 0 Å². The molecular formula is C15H20O2. The van der Waals surface area contributed by atoms with Crippen LogP contribution in [0.2, 0.25) is 0 Å². The summed E-state index contributed by atoms with van der Waals surface area (Å²) in [4.78, 5) is 11.5. The Balaban J connectivity index is 1.82. The fourth-order valence-corrected chi connectivity index (χ4v) is 6.37. The Morgan fingerprint density at radius 1 is 1.35 bits per heavy atom. The van der Waals surface area contributed by atoms with E-state index in [0.717, 1.165) is 24.7 Å². The van der Waals surface area contributed by atoms with E-state index in [4.69, 9.17) is 0 Å². The number of carboxylic acid groups (broad SMARTS) is 1. The zero-order valence-electron chi connectivity index (χ0n) is 10.5. The lowest BCUT2D eigenvalue weighted by molar-refractivity contribution is -0.149. The summed E-state index contributed by atoms with van der Waals surface area (Å²) in [6, 6.07) is 0. The predicted octanol–water partition coefficient (Wildman–Crippen LogP) is 2.95. The molecule has 0 aromatic carbocycles. The normalized spacial score (nSPS) is 62.1. The van der Waals surface area contributed by atoms with Crippen molar-refractivity contribution < 1.29 is 9.90 Å². The van der Waals surface area contributed by atoms with E-state index in [1.807, 2.05) is 0 Å². The molecule has 1 N–H and O–H groups in total. The van der Waals surface area contributed by atoms with Crippen molar-refractivity contribution in [3.63, 3.8) is 0 Å². The summed E-state index contributed by atoms with van der Waals surface area (Å²) in [5.41, 5.74) is 0.363. The summed E-state index contributed by atoms with van der Waals surface area (Å²) in [5, 5.41) is 9.46. The largest absolute Gasteiger partial charge is 0.481 e. The summed E-state index contributed by atoms with van der Waals surface area (Å²) in [5.74, 6) is 2.23. The molecular weight excluding hydrogens is 212 g/mol. The molecule has 2 heteroatoms. The minimum Gasteiger partial charge on any atom is -0.481 e. The van der Waals surface area contributed by atoms with Crippen LogP contribution in [0, 0.1) is 40.4 Å². The fraction of sp³-hybridized carbons (Fsp3) is 0.800. The number of carbonyl (C=O) groups is 1. The zero-order chi connectivity index (χ0) is 12.0. The Kier molecular flexibility index (Phi) is 1.57. The van der Waals surface area contributed by atoms with Crippen LogP contribution >= 0.6 is 0 Å². The van der Waals surface area contributed by atoms with Crippen LogP contribution in [0.25, 0.3) is 0 Å². The van der Waals surface area contributed by atoms with Crippen LogP contribution in [0.3, 0.4) is 0 Å². The van der Waals surface area contributed by atoms with Gasteiger partial charge in [0, 0.05) is 0 Å². The van der Waals surface area contributed by atoms with Gasteiger partial charge in [0.05, 0.1) is 5.92 Å². The molecule has 4 bridgehead atoms. The molecule has 4 aliphatic carbocycles. The standard InChI is InChI=1S/C15H20O2/c1-14-4-3-8(6-14)11-9-5-10(13(16)17)15(2,7-9)12(11)14/h3-4,8-12H,5-7H2,1-2H3,(H,16,17). The van der Waals surface area contributed by atoms with E-state index in [-0.39, 0.29) is 11.3 Å². The quantitative estimate of drug-likeness (QED) is 0.557. The molecule has 7 unspecified atom stereocenters. The Bertz CT molecular complexity index is 440. The van der Waals surface area contributed by atoms with Gasteiger partial charge < -0.3 is 5.11 Å². The first-order valence-electron chi connectivity index (χ1n) is 6.88. The molecule has 3 saturated carbocycles. The smallest absolute Gasteiger partial charge is 0.307 e. The molecule has 0 heterocycles. The Labute approximate surface area is 102 Å². The van der Waals surface area contributed by atoms with Gasteiger partial charge in [-0.1, -0.05) is 26.0 Å². The summed E-state index contributed by atoms with van der Waals surface area (Å²) in [6.07, 6.45) is 8.19. The summed E-state index contributed by atoms with van der Waals surface area (Å²) >= 11 is 0. The molecule has 0 aliphatic heterocycles. The first-order valence-corrected chi connectivity index (χ1v) is 6.88. The SMILES string of the molecule is CC12C=CC(C1)C1C3CC(C(=O)O)C(C)(C3)C12. The number of fused-ring (bicyclic) bond motifs is 9. The molecule has 0 spiro atoms. The summed E-state index contributed by atoms with van der Waals surface area (Å²) in [6.45, 7) is 4.62. The van der Waals surface area contributed by atoms with Crippen LogP contribution in [-0.2, 0) is 4.79 Å². The Hall–Kier alpha value is -0.790. The van der Waals surface area contributed by atoms with E-state index in [0.29, 0.717) is 17.3 Å². The van der Waals surface area contributed by atoms with E-state index in [9.17, 15) is 9.90 Å². The van der Waals surface area contributed by atoms with Crippen LogP contribution in [0.1, 0.15) is 33.1 Å². The number of aliphatic carboxylic acids is 1. The lowest BCUT2D eigenvalue weighted by atomic mass is 9.58. The molecule has 2 nitrogen and oxygen atoms in total. The van der Waals surface area contributed by atoms with Crippen LogP contribution < -0.4 is 0 Å². The lowest BCUT2D eigenvalue weighted by Gasteiger charge is -2.45. The maximum Gasteiger partial charge on any atom is 0.307 e. The van der Waals surface area contributed by atoms with Crippen molar-refractivity contribution in [1.29, 1.82) is 0 Å². The van der Waals surface area contributed by atoms with Gasteiger partial charge in [-0.05, 0) is 53.8 Å². The second kappa shape index (κ2) is 2.62. The van der Waals surface area contributed by atoms with Gasteiger partial charge in [-0.2, -0.15) is 0 Å². The first kappa shape index (κ1) is 10.2. The summed E-state index contributed by atoms with van der Waals surface area (Å²) in [7, 11) is 0. The average Bonchev–Trinajstić information content (AvgIpc) is 2.90. The molecule has 0 radical (unpaired) electrons. The van der Waals surface area contributed by atoms with E-state index < -0.39 is 5.97 Å². The highest BCUT2D eigenvalue weighted by Gasteiger charge is 2.71. The maximum absolute atomic E-state index is 11.5. The molecule has 0 saturated heterocycles. The first-order chi connectivity index (χ1) is 7.96. The van der Waals surface area contributed by atoms with Crippen molar-refractivity contribution in [2.75, 3.05) is 0 Å². The third-order valence-electron chi connectivity index (χ3n) is 6.58. The number of carboxylic acids is 1. The monoisotopic (exact) mass is 232 g/mol. The fourth-order valence-electron chi connectivity index (χ4n) is 6.37. The van der Waals surface area contributed by atoms with E-state index >= 15 is 0 Å². The van der Waals surface area contributed by atoms with Crippen LogP contribution in [0.5, 0.6) is 0 Å². The highest BCUT2D eigenvalue weighted by atomic mass is 16.4. The molecule has 0 aromatic heterocycles. The molecule has 7 atom stereocenters. The van der Waals surface area contributed by atoms with Gasteiger partial charge in [-0.3, -0.25) is 4.79 Å². The highest BCUT2D eigenvalue weighted by molar-refractivity contribution is 5.72. The molecule has 0 aromatic rings. The van der Waals surface area contributed by atoms with Gasteiger partial charge in [0.25, 0.3) is 0 Å². The second-order valence-corrected chi connectivity index (χ2v) is 7.38. The average molecular weight is 232 g/mol. The number of allylic oxidation sites excluding steroid dienone is 2. The zero-order valence-corrected chi connectivity index (χ0v) is 10.5. The van der Waals surface area contributed by atoms with Crippen molar-refractivity contribution >= 4 is 5.97 Å². The molecule has 4 rings (SSSR count). The topological polar surface area (TPSA) is 37.3 Å². The van der Waals surface area contributed by atoms with E-state index in [1.165, 1.54) is 6.42 Å². The van der Waals surface area contributed by atoms with Crippen LogP contribution in [0.4, 0.5) is 0 Å². The van der Waals surface area contributed by atoms with Crippen LogP contribution in [0.15, 0.2) is 12.2 Å². The number of rotatable bonds is 1. The van der Waals surface area contributed by atoms with Gasteiger partial charge in [0.1, 0.15) is 0 Å². The van der Waals surface area contributed by atoms with Gasteiger partial charge in [-0.25, -0.2) is 0 Å². The Morgan fingerprint density at radius 2 is 2.12 bits per heavy atom. The number of hydrogen-bond donors (Lipinski definition) is 1. The van der Waals surface area contributed by atoms with Crippen molar-refractivity contribution in [2.45, 2.75) is 33.1 Å². The maximum atomic E-state index is 11.5. The molecule has 92 valence electrons. The minimum atomic E-state index is -0.552. The van der Waals surface area contributed by atoms with Crippen LogP contribution in [-0.4, -0.2) is 11.1 Å². The summed E-state index contributed by atoms with van der Waals surface area (Å²) < 4.78 is 0. The third-order valence-corrected chi connectivity index (χ3v) is 6.58. The molecule has 0 amide bonds. The lowest BCUT2D eigenvalue weighted by Crippen LogP contribution is -2.44. The Morgan fingerprint density at radius 3 is 2.82 bits per heavy atom. The van der Waals surface area contributed by atoms with Gasteiger partial charge >= 0.3 is 5.97 Å². The van der Waals surface area contributed by atoms with Crippen molar-refractivity contribution in [3.8, 4) is 0 Å². The van der Waals surface area contributed by atoms with E-state index in [2.05, 4.69) is 26.0 Å². The van der Waals surface area contributed by atoms with Gasteiger partial charge in [-0.15, -0.1) is 0 Å². The molecule has 4 aliphatic rings. The highest BCUT2D eigenvalue weighted by Crippen LogP contribution is 2.75. The second-order valence-electron chi connectivity index (χ2n) is 7.38. The third kappa shape index (κ3) is 0.937. The van der Waals surface area contributed by atoms with Crippen molar-refractivity contribution in [3.05, 3.63) is 12.2 Å². The van der Waals surface area contributed by atoms with Gasteiger partial charge in [0.15, 0.2) is 0 Å². The minimum absolute atomic E-state index is 0.0649. The van der Waals surface area contributed by atoms with Gasteiger partial charge in [0.2, 0.25) is 0 Å². The van der Waals surface area contributed by atoms with E-state index in [1.54, 1.807) is 0 Å².